The average molecular weight is 380 g/mol. The number of H-pyrrole nitrogens is 1. The maximum Gasteiger partial charge on any atom is 0.328 e. The predicted molar refractivity (Wildman–Crippen MR) is 106 cm³/mol. The molecular formula is C20H20N4O4. The maximum absolute atomic E-state index is 12.2. The minimum Gasteiger partial charge on any atom is -0.359 e. The van der Waals surface area contributed by atoms with Gasteiger partial charge in [-0.05, 0) is 29.8 Å². The van der Waals surface area contributed by atoms with Crippen LogP contribution in [0.3, 0.4) is 0 Å². The van der Waals surface area contributed by atoms with E-state index in [0.29, 0.717) is 16.6 Å². The maximum atomic E-state index is 12.2. The summed E-state index contributed by atoms with van der Waals surface area (Å²) in [5.74, 6) is -0.350. The Kier molecular flexibility index (Phi) is 5.69. The second-order valence-corrected chi connectivity index (χ2v) is 6.27. The van der Waals surface area contributed by atoms with Crippen LogP contribution in [0, 0.1) is 0 Å². The van der Waals surface area contributed by atoms with Gasteiger partial charge in [-0.25, -0.2) is 4.79 Å². The molecule has 1 heterocycles. The molecule has 8 heteroatoms. The molecule has 0 saturated carbocycles. The van der Waals surface area contributed by atoms with Gasteiger partial charge in [0.05, 0.1) is 17.3 Å². The molecule has 3 N–H and O–H groups in total. The zero-order valence-corrected chi connectivity index (χ0v) is 15.3. The van der Waals surface area contributed by atoms with Crippen molar-refractivity contribution in [2.24, 2.45) is 0 Å². The van der Waals surface area contributed by atoms with Crippen LogP contribution in [-0.4, -0.2) is 28.4 Å². The Morgan fingerprint density at radius 1 is 1.00 bits per heavy atom. The van der Waals surface area contributed by atoms with Crippen molar-refractivity contribution in [2.75, 3.05) is 12.4 Å². The molecule has 0 aliphatic heterocycles. The molecule has 2 aromatic carbocycles. The van der Waals surface area contributed by atoms with Gasteiger partial charge in [-0.2, -0.15) is 0 Å². The first-order valence-corrected chi connectivity index (χ1v) is 8.79. The number of hydrogen-bond donors (Lipinski definition) is 3. The Morgan fingerprint density at radius 3 is 2.43 bits per heavy atom. The summed E-state index contributed by atoms with van der Waals surface area (Å²) in [4.78, 5) is 49.9. The number of benzene rings is 2. The second kappa shape index (κ2) is 8.34. The van der Waals surface area contributed by atoms with Gasteiger partial charge >= 0.3 is 5.69 Å². The molecule has 0 radical (unpaired) electrons. The van der Waals surface area contributed by atoms with Gasteiger partial charge in [-0.1, -0.05) is 24.3 Å². The molecular weight excluding hydrogens is 360 g/mol. The molecule has 28 heavy (non-hydrogen) atoms. The van der Waals surface area contributed by atoms with Gasteiger partial charge in [0.25, 0.3) is 5.56 Å². The van der Waals surface area contributed by atoms with Gasteiger partial charge in [0.15, 0.2) is 0 Å². The summed E-state index contributed by atoms with van der Waals surface area (Å²) in [6.45, 7) is 0.136. The minimum atomic E-state index is -0.546. The number of rotatable bonds is 6. The smallest absolute Gasteiger partial charge is 0.328 e. The van der Waals surface area contributed by atoms with Gasteiger partial charge in [-0.15, -0.1) is 0 Å². The fraction of sp³-hybridized carbons (Fsp3) is 0.200. The van der Waals surface area contributed by atoms with E-state index in [1.54, 1.807) is 55.6 Å². The lowest BCUT2D eigenvalue weighted by molar-refractivity contribution is -0.120. The van der Waals surface area contributed by atoms with Crippen LogP contribution >= 0.6 is 0 Å². The Bertz CT molecular complexity index is 1130. The number of hydrogen-bond acceptors (Lipinski definition) is 4. The number of anilines is 1. The Morgan fingerprint density at radius 2 is 1.71 bits per heavy atom. The molecule has 144 valence electrons. The summed E-state index contributed by atoms with van der Waals surface area (Å²) < 4.78 is 1.38. The van der Waals surface area contributed by atoms with Crippen molar-refractivity contribution in [3.05, 3.63) is 74.9 Å². The zero-order valence-electron chi connectivity index (χ0n) is 15.3. The number of carbonyl (C=O) groups is 2. The van der Waals surface area contributed by atoms with Gasteiger partial charge in [0.2, 0.25) is 11.8 Å². The van der Waals surface area contributed by atoms with Crippen LogP contribution in [0.2, 0.25) is 0 Å². The van der Waals surface area contributed by atoms with Crippen LogP contribution in [0.4, 0.5) is 5.69 Å². The highest BCUT2D eigenvalue weighted by Gasteiger charge is 2.09. The van der Waals surface area contributed by atoms with E-state index in [9.17, 15) is 19.2 Å². The van der Waals surface area contributed by atoms with Crippen molar-refractivity contribution in [3.63, 3.8) is 0 Å². The summed E-state index contributed by atoms with van der Waals surface area (Å²) in [7, 11) is 1.58. The number of carbonyl (C=O) groups excluding carboxylic acids is 2. The lowest BCUT2D eigenvalue weighted by Crippen LogP contribution is -2.31. The Hall–Kier alpha value is -3.68. The number of aromatic nitrogens is 2. The predicted octanol–water partition coefficient (Wildman–Crippen LogP) is 1.01. The van der Waals surface area contributed by atoms with Gasteiger partial charge in [-0.3, -0.25) is 23.9 Å². The van der Waals surface area contributed by atoms with Crippen molar-refractivity contribution >= 4 is 28.4 Å². The van der Waals surface area contributed by atoms with Crippen molar-refractivity contribution in [3.8, 4) is 0 Å². The largest absolute Gasteiger partial charge is 0.359 e. The van der Waals surface area contributed by atoms with Gasteiger partial charge < -0.3 is 10.6 Å². The highest BCUT2D eigenvalue weighted by molar-refractivity contribution is 5.90. The Labute approximate surface area is 160 Å². The van der Waals surface area contributed by atoms with E-state index in [-0.39, 0.29) is 31.2 Å². The molecule has 0 fully saturated rings. The standard InChI is InChI=1S/C20H20N4O4/c1-21-18(26)12-13-6-8-14(9-7-13)22-17(25)10-11-24-16-5-3-2-4-15(16)19(27)23-20(24)28/h2-9H,10-12H2,1H3,(H,21,26)(H,22,25)(H,23,27,28). The van der Waals surface area contributed by atoms with Crippen LogP contribution in [0.25, 0.3) is 10.9 Å². The molecule has 3 rings (SSSR count). The number of para-hydroxylation sites is 1. The first-order chi connectivity index (χ1) is 13.5. The highest BCUT2D eigenvalue weighted by atomic mass is 16.2. The molecule has 1 aromatic heterocycles. The van der Waals surface area contributed by atoms with E-state index in [4.69, 9.17) is 0 Å². The third-order valence-electron chi connectivity index (χ3n) is 4.35. The fourth-order valence-corrected chi connectivity index (χ4v) is 2.88. The third kappa shape index (κ3) is 4.35. The number of fused-ring (bicyclic) bond motifs is 1. The lowest BCUT2D eigenvalue weighted by Gasteiger charge is -2.10. The van der Waals surface area contributed by atoms with Crippen molar-refractivity contribution < 1.29 is 9.59 Å². The van der Waals surface area contributed by atoms with Crippen LogP contribution in [0.5, 0.6) is 0 Å². The molecule has 0 bridgehead atoms. The van der Waals surface area contributed by atoms with E-state index < -0.39 is 11.2 Å². The van der Waals surface area contributed by atoms with E-state index in [1.165, 1.54) is 4.57 Å². The molecule has 3 aromatic rings. The number of likely N-dealkylation sites (N-methyl/N-ethyl adjacent to an activating group) is 1. The number of nitrogens with one attached hydrogen (secondary N) is 3. The first kappa shape index (κ1) is 19.1. The number of aryl methyl sites for hydroxylation is 1. The molecule has 0 aliphatic carbocycles. The second-order valence-electron chi connectivity index (χ2n) is 6.27. The molecule has 0 unspecified atom stereocenters. The normalized spacial score (nSPS) is 10.6. The Balaban J connectivity index is 1.67. The molecule has 0 saturated heterocycles. The monoisotopic (exact) mass is 380 g/mol. The lowest BCUT2D eigenvalue weighted by atomic mass is 10.1. The van der Waals surface area contributed by atoms with Crippen molar-refractivity contribution in [2.45, 2.75) is 19.4 Å². The van der Waals surface area contributed by atoms with E-state index in [1.807, 2.05) is 0 Å². The highest BCUT2D eigenvalue weighted by Crippen LogP contribution is 2.11. The number of amides is 2. The summed E-state index contributed by atoms with van der Waals surface area (Å²) in [6.07, 6.45) is 0.336. The number of nitrogens with zero attached hydrogens (tertiary/aromatic N) is 1. The zero-order chi connectivity index (χ0) is 20.1. The summed E-state index contributed by atoms with van der Waals surface area (Å²) in [6, 6.07) is 13.7. The van der Waals surface area contributed by atoms with Crippen molar-refractivity contribution in [1.29, 1.82) is 0 Å². The topological polar surface area (TPSA) is 113 Å². The van der Waals surface area contributed by atoms with Crippen molar-refractivity contribution in [1.82, 2.24) is 14.9 Å². The average Bonchev–Trinajstić information content (AvgIpc) is 2.69. The molecule has 8 nitrogen and oxygen atoms in total. The molecule has 2 amide bonds. The molecule has 0 spiro atoms. The quantitative estimate of drug-likeness (QED) is 0.592. The van der Waals surface area contributed by atoms with Crippen LogP contribution in [-0.2, 0) is 22.6 Å². The van der Waals surface area contributed by atoms with E-state index >= 15 is 0 Å². The van der Waals surface area contributed by atoms with Gasteiger partial charge in [0.1, 0.15) is 0 Å². The number of aromatic amines is 1. The van der Waals surface area contributed by atoms with Crippen LogP contribution in [0.1, 0.15) is 12.0 Å². The summed E-state index contributed by atoms with van der Waals surface area (Å²) >= 11 is 0. The molecule has 0 atom stereocenters. The summed E-state index contributed by atoms with van der Waals surface area (Å²) in [5.41, 5.74) is 0.934. The first-order valence-electron chi connectivity index (χ1n) is 8.79. The fourth-order valence-electron chi connectivity index (χ4n) is 2.88. The van der Waals surface area contributed by atoms with E-state index in [2.05, 4.69) is 15.6 Å². The summed E-state index contributed by atoms with van der Waals surface area (Å²) in [5, 5.41) is 5.71. The van der Waals surface area contributed by atoms with E-state index in [0.717, 1.165) is 5.56 Å². The van der Waals surface area contributed by atoms with Crippen LogP contribution in [0.15, 0.2) is 58.1 Å². The molecule has 0 aliphatic rings. The van der Waals surface area contributed by atoms with Gasteiger partial charge in [0, 0.05) is 25.7 Å². The van der Waals surface area contributed by atoms with Crippen LogP contribution < -0.4 is 21.9 Å². The SMILES string of the molecule is CNC(=O)Cc1ccc(NC(=O)CCn2c(=O)[nH]c(=O)c3ccccc32)cc1. The minimum absolute atomic E-state index is 0.0654. The third-order valence-corrected chi connectivity index (χ3v) is 4.35.